The molecule has 0 fully saturated rings. The minimum absolute atomic E-state index is 0.0130. The minimum Gasteiger partial charge on any atom is -0.480 e. The fraction of sp³-hybridized carbons (Fsp3) is 0.192. The normalized spacial score (nSPS) is 12.0. The average molecular weight is 551 g/mol. The summed E-state index contributed by atoms with van der Waals surface area (Å²) in [5.74, 6) is -1.54. The van der Waals surface area contributed by atoms with Gasteiger partial charge in [-0.1, -0.05) is 13.0 Å². The van der Waals surface area contributed by atoms with E-state index in [1.165, 1.54) is 37.3 Å². The van der Waals surface area contributed by atoms with E-state index in [0.29, 0.717) is 22.0 Å². The fourth-order valence-corrected chi connectivity index (χ4v) is 4.97. The largest absolute Gasteiger partial charge is 0.480 e. The van der Waals surface area contributed by atoms with E-state index in [-0.39, 0.29) is 34.5 Å². The van der Waals surface area contributed by atoms with Crippen molar-refractivity contribution in [3.8, 4) is 23.1 Å². The average Bonchev–Trinajstić information content (AvgIpc) is 2.93. The topological polar surface area (TPSA) is 156 Å². The molecule has 2 heterocycles. The van der Waals surface area contributed by atoms with E-state index in [1.807, 2.05) is 0 Å². The van der Waals surface area contributed by atoms with Crippen LogP contribution < -0.4 is 20.3 Å². The Morgan fingerprint density at radius 2 is 1.95 bits per heavy atom. The van der Waals surface area contributed by atoms with Crippen LogP contribution in [0.25, 0.3) is 22.0 Å². The third-order valence-electron chi connectivity index (χ3n) is 5.98. The first-order chi connectivity index (χ1) is 18.6. The van der Waals surface area contributed by atoms with Crippen LogP contribution in [0.3, 0.4) is 0 Å². The smallest absolute Gasteiger partial charge is 0.262 e. The number of nitrogens with one attached hydrogen (secondary N) is 2. The molecule has 200 valence electrons. The van der Waals surface area contributed by atoms with Crippen LogP contribution in [0.15, 0.2) is 64.7 Å². The lowest BCUT2D eigenvalue weighted by molar-refractivity contribution is -0.124. The summed E-state index contributed by atoms with van der Waals surface area (Å²) in [6.45, 7) is 1.84. The van der Waals surface area contributed by atoms with E-state index in [4.69, 9.17) is 10.00 Å². The van der Waals surface area contributed by atoms with E-state index in [1.54, 1.807) is 31.2 Å². The zero-order valence-electron chi connectivity index (χ0n) is 21.1. The number of carbonyl (C=O) groups is 1. The van der Waals surface area contributed by atoms with Gasteiger partial charge in [0, 0.05) is 25.4 Å². The van der Waals surface area contributed by atoms with Crippen molar-refractivity contribution in [2.75, 3.05) is 18.9 Å². The van der Waals surface area contributed by atoms with Gasteiger partial charge < -0.3 is 10.1 Å². The maximum atomic E-state index is 13.7. The number of nitrogens with zero attached hydrogens (tertiary/aromatic N) is 4. The highest BCUT2D eigenvalue weighted by Crippen LogP contribution is 2.31. The summed E-state index contributed by atoms with van der Waals surface area (Å²) >= 11 is 0. The van der Waals surface area contributed by atoms with Gasteiger partial charge in [0.2, 0.25) is 11.8 Å². The van der Waals surface area contributed by atoms with Gasteiger partial charge in [0.25, 0.3) is 15.6 Å². The summed E-state index contributed by atoms with van der Waals surface area (Å²) in [5, 5.41) is 11.9. The van der Waals surface area contributed by atoms with Gasteiger partial charge in [0.1, 0.15) is 17.6 Å². The number of pyridine rings is 1. The number of rotatable bonds is 8. The summed E-state index contributed by atoms with van der Waals surface area (Å²) < 4.78 is 48.6. The third-order valence-corrected chi connectivity index (χ3v) is 7.34. The number of ether oxygens (including phenoxy) is 1. The Labute approximate surface area is 223 Å². The Bertz CT molecular complexity index is 1800. The lowest BCUT2D eigenvalue weighted by atomic mass is 10.0. The van der Waals surface area contributed by atoms with E-state index in [2.05, 4.69) is 20.0 Å². The SMILES string of the molecule is CNC(=O)[C@@H](C)Cn1cnc2ccc(-c3cnc(OC)c(NS(=O)(=O)c4ccc(F)c(C#N)c4)c3)cc2c1=O. The van der Waals surface area contributed by atoms with E-state index in [0.717, 1.165) is 18.2 Å². The van der Waals surface area contributed by atoms with Gasteiger partial charge in [0.15, 0.2) is 0 Å². The van der Waals surface area contributed by atoms with Crippen LogP contribution in [0, 0.1) is 23.1 Å². The highest BCUT2D eigenvalue weighted by molar-refractivity contribution is 7.92. The molecule has 0 bridgehead atoms. The van der Waals surface area contributed by atoms with Gasteiger partial charge in [-0.25, -0.2) is 22.8 Å². The van der Waals surface area contributed by atoms with Crippen molar-refractivity contribution in [1.29, 1.82) is 5.26 Å². The number of amides is 1. The van der Waals surface area contributed by atoms with Gasteiger partial charge in [0.05, 0.1) is 40.7 Å². The molecule has 2 N–H and O–H groups in total. The zero-order valence-corrected chi connectivity index (χ0v) is 21.9. The number of methoxy groups -OCH3 is 1. The van der Waals surface area contributed by atoms with Crippen LogP contribution in [0.1, 0.15) is 12.5 Å². The quantitative estimate of drug-likeness (QED) is 0.339. The third kappa shape index (κ3) is 5.55. The maximum Gasteiger partial charge on any atom is 0.262 e. The number of benzene rings is 2. The molecule has 4 rings (SSSR count). The highest BCUT2D eigenvalue weighted by Gasteiger charge is 2.20. The summed E-state index contributed by atoms with van der Waals surface area (Å²) in [6.07, 6.45) is 2.84. The molecule has 0 aliphatic heterocycles. The van der Waals surface area contributed by atoms with E-state index < -0.39 is 27.3 Å². The van der Waals surface area contributed by atoms with E-state index >= 15 is 0 Å². The number of hydrogen-bond donors (Lipinski definition) is 2. The molecular weight excluding hydrogens is 527 g/mol. The van der Waals surface area contributed by atoms with Gasteiger partial charge in [-0.15, -0.1) is 0 Å². The molecule has 1 atom stereocenters. The first-order valence-electron chi connectivity index (χ1n) is 11.6. The Hall–Kier alpha value is -4.83. The second-order valence-corrected chi connectivity index (χ2v) is 10.3. The lowest BCUT2D eigenvalue weighted by Crippen LogP contribution is -2.32. The van der Waals surface area contributed by atoms with Gasteiger partial charge >= 0.3 is 0 Å². The number of sulfonamides is 1. The molecular formula is C26H23FN6O5S. The number of carbonyl (C=O) groups excluding carboxylic acids is 1. The summed E-state index contributed by atoms with van der Waals surface area (Å²) in [6, 6.07) is 10.9. The predicted molar refractivity (Wildman–Crippen MR) is 141 cm³/mol. The van der Waals surface area contributed by atoms with Crippen LogP contribution >= 0.6 is 0 Å². The molecule has 0 aliphatic rings. The van der Waals surface area contributed by atoms with Crippen LogP contribution in [0.5, 0.6) is 5.88 Å². The van der Waals surface area contributed by atoms with E-state index in [9.17, 15) is 22.4 Å². The standard InChI is InChI=1S/C26H23FN6O5S/c1-15(24(34)29-2)13-33-14-31-22-7-4-16(9-20(22)26(33)35)18-10-23(25(38-3)30-12-18)32-39(36,37)19-5-6-21(27)17(8-19)11-28/h4-10,12,14-15,32H,13H2,1-3H3,(H,29,34)/t15-/m0/s1. The molecule has 4 aromatic rings. The molecule has 0 spiro atoms. The van der Waals surface area contributed by atoms with Crippen LogP contribution in [0.2, 0.25) is 0 Å². The molecule has 2 aromatic heterocycles. The van der Waals surface area contributed by atoms with Crippen molar-refractivity contribution in [1.82, 2.24) is 19.9 Å². The van der Waals surface area contributed by atoms with Gasteiger partial charge in [-0.05, 0) is 42.0 Å². The molecule has 0 saturated heterocycles. The highest BCUT2D eigenvalue weighted by atomic mass is 32.2. The number of halogens is 1. The summed E-state index contributed by atoms with van der Waals surface area (Å²) in [7, 11) is -1.41. The number of hydrogen-bond acceptors (Lipinski definition) is 8. The Kier molecular flexibility index (Phi) is 7.59. The van der Waals surface area contributed by atoms with Crippen molar-refractivity contribution >= 4 is 32.5 Å². The zero-order chi connectivity index (χ0) is 28.3. The molecule has 13 heteroatoms. The first kappa shape index (κ1) is 27.2. The molecule has 0 aliphatic carbocycles. The van der Waals surface area contributed by atoms with Crippen LogP contribution in [-0.4, -0.2) is 43.0 Å². The van der Waals surface area contributed by atoms with Crippen molar-refractivity contribution in [3.63, 3.8) is 0 Å². The number of aromatic nitrogens is 3. The van der Waals surface area contributed by atoms with Gasteiger partial charge in [-0.3, -0.25) is 18.9 Å². The molecule has 39 heavy (non-hydrogen) atoms. The van der Waals surface area contributed by atoms with Crippen LogP contribution in [-0.2, 0) is 21.4 Å². The number of anilines is 1. The molecule has 0 saturated carbocycles. The first-order valence-corrected chi connectivity index (χ1v) is 13.0. The van der Waals surface area contributed by atoms with Crippen molar-refractivity contribution < 1.29 is 22.3 Å². The molecule has 1 amide bonds. The Morgan fingerprint density at radius 3 is 2.64 bits per heavy atom. The maximum absolute atomic E-state index is 13.7. The van der Waals surface area contributed by atoms with Crippen LogP contribution in [0.4, 0.5) is 10.1 Å². The van der Waals surface area contributed by atoms with Crippen molar-refractivity contribution in [3.05, 3.63) is 76.7 Å². The van der Waals surface area contributed by atoms with Crippen molar-refractivity contribution in [2.45, 2.75) is 18.4 Å². The molecule has 2 aromatic carbocycles. The summed E-state index contributed by atoms with van der Waals surface area (Å²) in [5.41, 5.74) is 0.672. The second-order valence-electron chi connectivity index (χ2n) is 8.59. The monoisotopic (exact) mass is 550 g/mol. The second kappa shape index (κ2) is 10.9. The van der Waals surface area contributed by atoms with Crippen molar-refractivity contribution in [2.24, 2.45) is 5.92 Å². The molecule has 0 radical (unpaired) electrons. The Balaban J connectivity index is 1.73. The number of nitriles is 1. The van der Waals surface area contributed by atoms with Gasteiger partial charge in [-0.2, -0.15) is 5.26 Å². The summed E-state index contributed by atoms with van der Waals surface area (Å²) in [4.78, 5) is 33.2. The molecule has 0 unspecified atom stereocenters. The molecule has 11 nitrogen and oxygen atoms in total. The lowest BCUT2D eigenvalue weighted by Gasteiger charge is -2.14. The fourth-order valence-electron chi connectivity index (χ4n) is 3.90. The Morgan fingerprint density at radius 1 is 1.18 bits per heavy atom. The minimum atomic E-state index is -4.25. The predicted octanol–water partition coefficient (Wildman–Crippen LogP) is 2.66. The number of fused-ring (bicyclic) bond motifs is 1.